The fourth-order valence-corrected chi connectivity index (χ4v) is 2.91. The molecule has 0 aliphatic heterocycles. The first-order valence-corrected chi connectivity index (χ1v) is 8.19. The largest absolute Gasteiger partial charge is 0.417 e. The summed E-state index contributed by atoms with van der Waals surface area (Å²) >= 11 is 5.44. The van der Waals surface area contributed by atoms with Gasteiger partial charge >= 0.3 is 6.18 Å². The molecule has 1 amide bonds. The molecule has 1 aromatic carbocycles. The molecule has 2 N–H and O–H groups in total. The number of carbonyl (C=O) groups is 1. The molecule has 0 radical (unpaired) electrons. The summed E-state index contributed by atoms with van der Waals surface area (Å²) in [5.74, 6) is -0.768. The molecule has 11 heteroatoms. The highest BCUT2D eigenvalue weighted by atomic mass is 35.5. The second kappa shape index (κ2) is 6.46. The minimum atomic E-state index is -4.81. The first-order valence-electron chi connectivity index (χ1n) is 6.32. The predicted molar refractivity (Wildman–Crippen MR) is 79.7 cm³/mol. The normalized spacial score (nSPS) is 12.2. The van der Waals surface area contributed by atoms with E-state index in [0.29, 0.717) is 6.07 Å². The van der Waals surface area contributed by atoms with Crippen molar-refractivity contribution in [3.8, 4) is 0 Å². The molecule has 130 valence electrons. The van der Waals surface area contributed by atoms with Gasteiger partial charge in [-0.25, -0.2) is 8.42 Å². The van der Waals surface area contributed by atoms with Gasteiger partial charge in [0.2, 0.25) is 0 Å². The standard InChI is InChI=1S/C13H11ClF3N3O3S/c1-20-6-2-3-11(20)12(21)18-19-24(22,23)8-4-5-10(14)9(7-8)13(15,16)17/h2-7,19H,1H3,(H,18,21). The van der Waals surface area contributed by atoms with Gasteiger partial charge in [0.1, 0.15) is 5.69 Å². The fraction of sp³-hybridized carbons (Fsp3) is 0.154. The third kappa shape index (κ3) is 3.89. The number of aryl methyl sites for hydroxylation is 1. The van der Waals surface area contributed by atoms with Gasteiger partial charge in [-0.3, -0.25) is 10.2 Å². The molecule has 0 atom stereocenters. The second-order valence-corrected chi connectivity index (χ2v) is 6.79. The van der Waals surface area contributed by atoms with Crippen LogP contribution in [-0.4, -0.2) is 18.9 Å². The van der Waals surface area contributed by atoms with E-state index in [1.165, 1.54) is 10.6 Å². The van der Waals surface area contributed by atoms with Crippen LogP contribution in [0.2, 0.25) is 5.02 Å². The van der Waals surface area contributed by atoms with E-state index in [2.05, 4.69) is 0 Å². The summed E-state index contributed by atoms with van der Waals surface area (Å²) in [5.41, 5.74) is 0.792. The van der Waals surface area contributed by atoms with Crippen molar-refractivity contribution in [1.82, 2.24) is 14.8 Å². The average molecular weight is 382 g/mol. The molecule has 6 nitrogen and oxygen atoms in total. The van der Waals surface area contributed by atoms with Crippen LogP contribution in [0.25, 0.3) is 0 Å². The second-order valence-electron chi connectivity index (χ2n) is 4.70. The number of carbonyl (C=O) groups excluding carboxylic acids is 1. The molecule has 24 heavy (non-hydrogen) atoms. The lowest BCUT2D eigenvalue weighted by molar-refractivity contribution is -0.137. The molecule has 2 rings (SSSR count). The third-order valence-corrected chi connectivity index (χ3v) is 4.60. The molecule has 2 aromatic rings. The maximum atomic E-state index is 12.8. The van der Waals surface area contributed by atoms with Crippen LogP contribution in [0.4, 0.5) is 13.2 Å². The fourth-order valence-electron chi connectivity index (χ4n) is 1.82. The van der Waals surface area contributed by atoms with Crippen LogP contribution in [0.3, 0.4) is 0 Å². The van der Waals surface area contributed by atoms with E-state index >= 15 is 0 Å². The quantitative estimate of drug-likeness (QED) is 0.798. The highest BCUT2D eigenvalue weighted by Crippen LogP contribution is 2.35. The molecule has 0 unspecified atom stereocenters. The van der Waals surface area contributed by atoms with E-state index < -0.39 is 37.6 Å². The molecular weight excluding hydrogens is 371 g/mol. The number of hydrazine groups is 1. The van der Waals surface area contributed by atoms with E-state index in [9.17, 15) is 26.4 Å². The van der Waals surface area contributed by atoms with E-state index in [-0.39, 0.29) is 5.69 Å². The summed E-state index contributed by atoms with van der Waals surface area (Å²) in [4.78, 5) is 12.9. The van der Waals surface area contributed by atoms with Crippen molar-refractivity contribution in [3.63, 3.8) is 0 Å². The monoisotopic (exact) mass is 381 g/mol. The number of amides is 1. The SMILES string of the molecule is Cn1cccc1C(=O)NNS(=O)(=O)c1ccc(Cl)c(C(F)(F)F)c1. The van der Waals surface area contributed by atoms with Crippen molar-refractivity contribution < 1.29 is 26.4 Å². The summed E-state index contributed by atoms with van der Waals surface area (Å²) in [6.45, 7) is 0. The zero-order chi connectivity index (χ0) is 18.1. The van der Waals surface area contributed by atoms with Gasteiger partial charge in [-0.2, -0.15) is 13.2 Å². The molecule has 0 fully saturated rings. The van der Waals surface area contributed by atoms with Gasteiger partial charge in [-0.15, -0.1) is 4.83 Å². The Bertz CT molecular complexity index is 878. The van der Waals surface area contributed by atoms with Gasteiger partial charge < -0.3 is 4.57 Å². The minimum Gasteiger partial charge on any atom is -0.347 e. The summed E-state index contributed by atoms with van der Waals surface area (Å²) in [7, 11) is -2.84. The molecule has 1 aromatic heterocycles. The van der Waals surface area contributed by atoms with Crippen LogP contribution in [-0.2, 0) is 23.2 Å². The third-order valence-electron chi connectivity index (χ3n) is 3.03. The van der Waals surface area contributed by atoms with Gasteiger partial charge in [0.15, 0.2) is 0 Å². The van der Waals surface area contributed by atoms with E-state index in [1.54, 1.807) is 24.1 Å². The Balaban J connectivity index is 2.22. The molecular formula is C13H11ClF3N3O3S. The van der Waals surface area contributed by atoms with Gasteiger partial charge in [-0.05, 0) is 30.3 Å². The van der Waals surface area contributed by atoms with Crippen LogP contribution in [0.5, 0.6) is 0 Å². The van der Waals surface area contributed by atoms with Crippen molar-refractivity contribution in [2.75, 3.05) is 0 Å². The molecule has 0 aliphatic carbocycles. The zero-order valence-electron chi connectivity index (χ0n) is 12.1. The van der Waals surface area contributed by atoms with E-state index in [1.807, 2.05) is 5.43 Å². The Kier molecular flexibility index (Phi) is 4.92. The molecule has 0 spiro atoms. The highest BCUT2D eigenvalue weighted by Gasteiger charge is 2.34. The Labute approximate surface area is 140 Å². The predicted octanol–water partition coefficient (Wildman–Crippen LogP) is 2.32. The van der Waals surface area contributed by atoms with Crippen LogP contribution in [0, 0.1) is 0 Å². The summed E-state index contributed by atoms with van der Waals surface area (Å²) in [6, 6.07) is 5.11. The van der Waals surface area contributed by atoms with Crippen LogP contribution in [0.1, 0.15) is 16.1 Å². The highest BCUT2D eigenvalue weighted by molar-refractivity contribution is 7.89. The summed E-state index contributed by atoms with van der Waals surface area (Å²) < 4.78 is 63.9. The van der Waals surface area contributed by atoms with Crippen molar-refractivity contribution in [1.29, 1.82) is 0 Å². The zero-order valence-corrected chi connectivity index (χ0v) is 13.6. The number of nitrogens with one attached hydrogen (secondary N) is 2. The number of aromatic nitrogens is 1. The van der Waals surface area contributed by atoms with E-state index in [4.69, 9.17) is 11.6 Å². The van der Waals surface area contributed by atoms with Gasteiger partial charge in [0, 0.05) is 13.2 Å². The minimum absolute atomic E-state index is 0.157. The van der Waals surface area contributed by atoms with Gasteiger partial charge in [-0.1, -0.05) is 11.6 Å². The molecule has 0 saturated carbocycles. The number of rotatable bonds is 4. The van der Waals surface area contributed by atoms with Crippen molar-refractivity contribution in [2.45, 2.75) is 11.1 Å². The summed E-state index contributed by atoms with van der Waals surface area (Å²) in [5, 5.41) is -0.630. The lowest BCUT2D eigenvalue weighted by atomic mass is 10.2. The Morgan fingerprint density at radius 2 is 1.92 bits per heavy atom. The number of sulfonamides is 1. The number of benzene rings is 1. The maximum absolute atomic E-state index is 12.8. The van der Waals surface area contributed by atoms with Gasteiger partial charge in [0.25, 0.3) is 15.9 Å². The first-order chi connectivity index (χ1) is 11.0. The number of alkyl halides is 3. The van der Waals surface area contributed by atoms with Crippen LogP contribution < -0.4 is 10.3 Å². The molecule has 0 aliphatic rings. The van der Waals surface area contributed by atoms with Crippen molar-refractivity contribution >= 4 is 27.5 Å². The topological polar surface area (TPSA) is 80.2 Å². The molecule has 1 heterocycles. The maximum Gasteiger partial charge on any atom is 0.417 e. The number of nitrogens with zero attached hydrogens (tertiary/aromatic N) is 1. The number of halogens is 4. The van der Waals surface area contributed by atoms with E-state index in [0.717, 1.165) is 12.1 Å². The lowest BCUT2D eigenvalue weighted by Gasteiger charge is -2.12. The van der Waals surface area contributed by atoms with Crippen molar-refractivity contribution in [2.24, 2.45) is 7.05 Å². The van der Waals surface area contributed by atoms with Crippen molar-refractivity contribution in [3.05, 3.63) is 52.8 Å². The number of hydrogen-bond donors (Lipinski definition) is 2. The number of hydrogen-bond acceptors (Lipinski definition) is 3. The van der Waals surface area contributed by atoms with Crippen LogP contribution >= 0.6 is 11.6 Å². The average Bonchev–Trinajstić information content (AvgIpc) is 2.90. The molecule has 0 bridgehead atoms. The summed E-state index contributed by atoms with van der Waals surface area (Å²) in [6.07, 6.45) is -3.24. The Morgan fingerprint density at radius 3 is 2.46 bits per heavy atom. The lowest BCUT2D eigenvalue weighted by Crippen LogP contribution is -2.42. The molecule has 0 saturated heterocycles. The van der Waals surface area contributed by atoms with Crippen LogP contribution in [0.15, 0.2) is 41.4 Å². The Morgan fingerprint density at radius 1 is 1.25 bits per heavy atom. The first kappa shape index (κ1) is 18.3. The smallest absolute Gasteiger partial charge is 0.347 e. The Hall–Kier alpha value is -2.04. The van der Waals surface area contributed by atoms with Gasteiger partial charge in [0.05, 0.1) is 15.5 Å².